The van der Waals surface area contributed by atoms with Crippen molar-refractivity contribution < 1.29 is 9.53 Å². The average Bonchev–Trinajstić information content (AvgIpc) is 3.09. The summed E-state index contributed by atoms with van der Waals surface area (Å²) in [6.07, 6.45) is 3.35. The molecule has 1 aromatic carbocycles. The quantitative estimate of drug-likeness (QED) is 0.710. The summed E-state index contributed by atoms with van der Waals surface area (Å²) >= 11 is 0. The van der Waals surface area contributed by atoms with Gasteiger partial charge in [0, 0.05) is 39.4 Å². The van der Waals surface area contributed by atoms with Crippen LogP contribution in [0.3, 0.4) is 0 Å². The first-order chi connectivity index (χ1) is 13.2. The molecule has 1 aliphatic rings. The predicted molar refractivity (Wildman–Crippen MR) is 104 cm³/mol. The standard InChI is InChI=1S/C20H23N5O2/c1-3-27-19-7-5-4-6-17(19)24-8-10-25(11-9-24)20(26)15-12-18-16(21-13-15)14-22-23(18)2/h4-7,12-14H,3,8-11H2,1-2H3. The molecule has 27 heavy (non-hydrogen) atoms. The number of nitrogens with zero attached hydrogens (tertiary/aromatic N) is 5. The average molecular weight is 365 g/mol. The van der Waals surface area contributed by atoms with Gasteiger partial charge in [-0.05, 0) is 25.1 Å². The Labute approximate surface area is 158 Å². The molecule has 7 heteroatoms. The molecule has 2 aromatic heterocycles. The molecule has 3 aromatic rings. The van der Waals surface area contributed by atoms with Gasteiger partial charge in [0.15, 0.2) is 0 Å². The topological polar surface area (TPSA) is 63.5 Å². The fraction of sp³-hybridized carbons (Fsp3) is 0.350. The van der Waals surface area contributed by atoms with E-state index in [2.05, 4.69) is 21.0 Å². The number of fused-ring (bicyclic) bond motifs is 1. The van der Waals surface area contributed by atoms with Crippen molar-refractivity contribution in [3.05, 3.63) is 48.3 Å². The van der Waals surface area contributed by atoms with E-state index in [9.17, 15) is 4.79 Å². The fourth-order valence-electron chi connectivity index (χ4n) is 3.47. The summed E-state index contributed by atoms with van der Waals surface area (Å²) in [6.45, 7) is 5.51. The molecule has 0 atom stereocenters. The fourth-order valence-corrected chi connectivity index (χ4v) is 3.47. The Morgan fingerprint density at radius 1 is 1.15 bits per heavy atom. The predicted octanol–water partition coefficient (Wildman–Crippen LogP) is 2.33. The molecule has 3 heterocycles. The zero-order chi connectivity index (χ0) is 18.8. The number of ether oxygens (including phenoxy) is 1. The molecule has 1 saturated heterocycles. The first-order valence-electron chi connectivity index (χ1n) is 9.21. The number of anilines is 1. The molecule has 7 nitrogen and oxygen atoms in total. The van der Waals surface area contributed by atoms with E-state index in [0.29, 0.717) is 25.3 Å². The monoisotopic (exact) mass is 365 g/mol. The number of rotatable bonds is 4. The van der Waals surface area contributed by atoms with Gasteiger partial charge in [-0.1, -0.05) is 12.1 Å². The maximum absolute atomic E-state index is 12.9. The van der Waals surface area contributed by atoms with Crippen molar-refractivity contribution in [1.82, 2.24) is 19.7 Å². The summed E-state index contributed by atoms with van der Waals surface area (Å²) in [5.74, 6) is 0.911. The number of piperazine rings is 1. The van der Waals surface area contributed by atoms with Crippen LogP contribution >= 0.6 is 0 Å². The lowest BCUT2D eigenvalue weighted by Crippen LogP contribution is -2.48. The van der Waals surface area contributed by atoms with Crippen molar-refractivity contribution in [2.24, 2.45) is 7.05 Å². The normalized spacial score (nSPS) is 14.6. The van der Waals surface area contributed by atoms with Crippen LogP contribution in [0.25, 0.3) is 11.0 Å². The van der Waals surface area contributed by atoms with Gasteiger partial charge in [-0.15, -0.1) is 0 Å². The van der Waals surface area contributed by atoms with Gasteiger partial charge in [0.25, 0.3) is 5.91 Å². The van der Waals surface area contributed by atoms with Gasteiger partial charge in [0.1, 0.15) is 11.3 Å². The van der Waals surface area contributed by atoms with E-state index in [4.69, 9.17) is 4.74 Å². The molecule has 0 bridgehead atoms. The second kappa shape index (κ2) is 7.26. The van der Waals surface area contributed by atoms with Crippen molar-refractivity contribution in [1.29, 1.82) is 0 Å². The number of para-hydroxylation sites is 2. The van der Waals surface area contributed by atoms with Gasteiger partial charge in [-0.2, -0.15) is 5.10 Å². The van der Waals surface area contributed by atoms with Crippen LogP contribution in [-0.2, 0) is 7.05 Å². The first kappa shape index (κ1) is 17.3. The van der Waals surface area contributed by atoms with E-state index in [0.717, 1.165) is 35.6 Å². The minimum atomic E-state index is 0.0170. The number of pyridine rings is 1. The number of benzene rings is 1. The third-order valence-corrected chi connectivity index (χ3v) is 4.92. The molecule has 140 valence electrons. The van der Waals surface area contributed by atoms with Crippen molar-refractivity contribution in [2.45, 2.75) is 6.92 Å². The number of amides is 1. The van der Waals surface area contributed by atoms with Gasteiger partial charge < -0.3 is 14.5 Å². The van der Waals surface area contributed by atoms with Crippen LogP contribution < -0.4 is 9.64 Å². The molecule has 1 amide bonds. The minimum Gasteiger partial charge on any atom is -0.492 e. The van der Waals surface area contributed by atoms with E-state index in [-0.39, 0.29) is 5.91 Å². The van der Waals surface area contributed by atoms with Crippen molar-refractivity contribution in [2.75, 3.05) is 37.7 Å². The third-order valence-electron chi connectivity index (χ3n) is 4.92. The zero-order valence-corrected chi connectivity index (χ0v) is 15.6. The summed E-state index contributed by atoms with van der Waals surface area (Å²) in [4.78, 5) is 21.4. The van der Waals surface area contributed by atoms with E-state index < -0.39 is 0 Å². The summed E-state index contributed by atoms with van der Waals surface area (Å²) in [5, 5.41) is 4.19. The summed E-state index contributed by atoms with van der Waals surface area (Å²) in [5.41, 5.74) is 3.36. The molecular formula is C20H23N5O2. The largest absolute Gasteiger partial charge is 0.492 e. The molecule has 1 fully saturated rings. The minimum absolute atomic E-state index is 0.0170. The number of carbonyl (C=O) groups is 1. The molecule has 4 rings (SSSR count). The van der Waals surface area contributed by atoms with Crippen LogP contribution in [0, 0.1) is 0 Å². The van der Waals surface area contributed by atoms with Gasteiger partial charge in [-0.25, -0.2) is 0 Å². The first-order valence-corrected chi connectivity index (χ1v) is 9.21. The number of aryl methyl sites for hydroxylation is 1. The Morgan fingerprint density at radius 2 is 1.93 bits per heavy atom. The molecule has 0 spiro atoms. The lowest BCUT2D eigenvalue weighted by molar-refractivity contribution is 0.0746. The van der Waals surface area contributed by atoms with Gasteiger partial charge in [-0.3, -0.25) is 14.5 Å². The number of hydrogen-bond donors (Lipinski definition) is 0. The number of carbonyl (C=O) groups excluding carboxylic acids is 1. The van der Waals surface area contributed by atoms with Crippen molar-refractivity contribution in [3.8, 4) is 5.75 Å². The maximum Gasteiger partial charge on any atom is 0.255 e. The Kier molecular flexibility index (Phi) is 4.66. The summed E-state index contributed by atoms with van der Waals surface area (Å²) in [7, 11) is 1.85. The molecule has 0 saturated carbocycles. The van der Waals surface area contributed by atoms with E-state index in [1.165, 1.54) is 0 Å². The van der Waals surface area contributed by atoms with Gasteiger partial charge >= 0.3 is 0 Å². The summed E-state index contributed by atoms with van der Waals surface area (Å²) in [6, 6.07) is 9.93. The van der Waals surface area contributed by atoms with E-state index in [1.54, 1.807) is 17.1 Å². The van der Waals surface area contributed by atoms with Gasteiger partial charge in [0.05, 0.1) is 29.6 Å². The highest BCUT2D eigenvalue weighted by molar-refractivity contribution is 5.96. The van der Waals surface area contributed by atoms with Crippen LogP contribution in [0.1, 0.15) is 17.3 Å². The Morgan fingerprint density at radius 3 is 2.70 bits per heavy atom. The molecule has 0 unspecified atom stereocenters. The number of hydrogen-bond acceptors (Lipinski definition) is 5. The van der Waals surface area contributed by atoms with Gasteiger partial charge in [0.2, 0.25) is 0 Å². The molecule has 0 aliphatic carbocycles. The Hall–Kier alpha value is -3.09. The van der Waals surface area contributed by atoms with Crippen LogP contribution in [0.5, 0.6) is 5.75 Å². The SMILES string of the molecule is CCOc1ccccc1N1CCN(C(=O)c2cnc3cnn(C)c3c2)CC1. The van der Waals surface area contributed by atoms with E-state index in [1.807, 2.05) is 43.1 Å². The lowest BCUT2D eigenvalue weighted by Gasteiger charge is -2.36. The second-order valence-corrected chi connectivity index (χ2v) is 6.58. The highest BCUT2D eigenvalue weighted by atomic mass is 16.5. The second-order valence-electron chi connectivity index (χ2n) is 6.58. The third kappa shape index (κ3) is 3.32. The molecular weight excluding hydrogens is 342 g/mol. The van der Waals surface area contributed by atoms with Crippen LogP contribution in [0.2, 0.25) is 0 Å². The Bertz CT molecular complexity index is 960. The van der Waals surface area contributed by atoms with Crippen molar-refractivity contribution >= 4 is 22.6 Å². The van der Waals surface area contributed by atoms with Crippen molar-refractivity contribution in [3.63, 3.8) is 0 Å². The van der Waals surface area contributed by atoms with Crippen LogP contribution in [0.4, 0.5) is 5.69 Å². The van der Waals surface area contributed by atoms with Crippen LogP contribution in [0.15, 0.2) is 42.7 Å². The summed E-state index contributed by atoms with van der Waals surface area (Å²) < 4.78 is 7.48. The molecule has 0 radical (unpaired) electrons. The van der Waals surface area contributed by atoms with E-state index >= 15 is 0 Å². The zero-order valence-electron chi connectivity index (χ0n) is 15.6. The molecule has 1 aliphatic heterocycles. The molecule has 0 N–H and O–H groups in total. The number of aromatic nitrogens is 3. The Balaban J connectivity index is 1.47. The maximum atomic E-state index is 12.9. The highest BCUT2D eigenvalue weighted by Gasteiger charge is 2.24. The highest BCUT2D eigenvalue weighted by Crippen LogP contribution is 2.29. The van der Waals surface area contributed by atoms with Crippen LogP contribution in [-0.4, -0.2) is 58.4 Å². The smallest absolute Gasteiger partial charge is 0.255 e. The lowest BCUT2D eigenvalue weighted by atomic mass is 10.2.